The Bertz CT molecular complexity index is 236. The topological polar surface area (TPSA) is 41.6 Å². The Kier molecular flexibility index (Phi) is 4.59. The molecule has 0 radical (unpaired) electrons. The summed E-state index contributed by atoms with van der Waals surface area (Å²) in [6.45, 7) is 10.5. The molecule has 1 aliphatic rings. The number of carbonyl (C=O) groups excluding carboxylic acids is 1. The van der Waals surface area contributed by atoms with Crippen LogP contribution < -0.4 is 5.32 Å². The van der Waals surface area contributed by atoms with E-state index < -0.39 is 5.60 Å². The number of nitrogens with zero attached hydrogens (tertiary/aromatic N) is 1. The fraction of sp³-hybridized carbons (Fsp3) is 0.917. The van der Waals surface area contributed by atoms with E-state index in [1.54, 1.807) is 0 Å². The van der Waals surface area contributed by atoms with Gasteiger partial charge in [0.1, 0.15) is 5.60 Å². The quantitative estimate of drug-likeness (QED) is 0.746. The van der Waals surface area contributed by atoms with E-state index in [-0.39, 0.29) is 12.1 Å². The molecule has 4 heteroatoms. The molecule has 1 fully saturated rings. The van der Waals surface area contributed by atoms with Gasteiger partial charge in [-0.25, -0.2) is 4.79 Å². The van der Waals surface area contributed by atoms with Crippen molar-refractivity contribution < 1.29 is 9.53 Å². The smallest absolute Gasteiger partial charge is 0.410 e. The van der Waals surface area contributed by atoms with Crippen LogP contribution in [0.1, 0.15) is 40.5 Å². The highest BCUT2D eigenvalue weighted by molar-refractivity contribution is 5.68. The fourth-order valence-electron chi connectivity index (χ4n) is 1.86. The van der Waals surface area contributed by atoms with Gasteiger partial charge in [0.15, 0.2) is 0 Å². The lowest BCUT2D eigenvalue weighted by Crippen LogP contribution is -2.45. The summed E-state index contributed by atoms with van der Waals surface area (Å²) in [6, 6.07) is 0.261. The molecule has 16 heavy (non-hydrogen) atoms. The average molecular weight is 228 g/mol. The van der Waals surface area contributed by atoms with Crippen molar-refractivity contribution in [1.82, 2.24) is 10.2 Å². The highest BCUT2D eigenvalue weighted by Gasteiger charge is 2.28. The molecule has 1 aliphatic heterocycles. The third-order valence-corrected chi connectivity index (χ3v) is 2.67. The first-order valence-electron chi connectivity index (χ1n) is 6.14. The second kappa shape index (κ2) is 5.53. The molecule has 0 aromatic heterocycles. The van der Waals surface area contributed by atoms with Gasteiger partial charge in [0.25, 0.3) is 0 Å². The van der Waals surface area contributed by atoms with E-state index in [9.17, 15) is 4.79 Å². The SMILES string of the molecule is CC[C@@H]1CNCCCN1C(=O)OC(C)(C)C. The van der Waals surface area contributed by atoms with E-state index >= 15 is 0 Å². The van der Waals surface area contributed by atoms with Crippen molar-refractivity contribution in [3.63, 3.8) is 0 Å². The molecular formula is C12H24N2O2. The van der Waals surface area contributed by atoms with Gasteiger partial charge in [0.05, 0.1) is 0 Å². The van der Waals surface area contributed by atoms with Crippen LogP contribution in [0.15, 0.2) is 0 Å². The summed E-state index contributed by atoms with van der Waals surface area (Å²) in [6.07, 6.45) is 1.78. The first-order chi connectivity index (χ1) is 7.44. The molecule has 1 heterocycles. The molecule has 0 unspecified atom stereocenters. The first-order valence-corrected chi connectivity index (χ1v) is 6.14. The molecule has 1 atom stereocenters. The zero-order valence-corrected chi connectivity index (χ0v) is 10.9. The summed E-state index contributed by atoms with van der Waals surface area (Å²) in [4.78, 5) is 13.9. The monoisotopic (exact) mass is 228 g/mol. The number of amides is 1. The Morgan fingerprint density at radius 2 is 2.19 bits per heavy atom. The van der Waals surface area contributed by atoms with Crippen LogP contribution in [-0.4, -0.2) is 42.3 Å². The van der Waals surface area contributed by atoms with Gasteiger partial charge in [0.2, 0.25) is 0 Å². The minimum atomic E-state index is -0.408. The van der Waals surface area contributed by atoms with Crippen LogP contribution in [-0.2, 0) is 4.74 Å². The summed E-state index contributed by atoms with van der Waals surface area (Å²) >= 11 is 0. The van der Waals surface area contributed by atoms with Gasteiger partial charge < -0.3 is 15.0 Å². The Balaban J connectivity index is 2.63. The van der Waals surface area contributed by atoms with E-state index in [1.807, 2.05) is 25.7 Å². The van der Waals surface area contributed by atoms with Crippen LogP contribution in [0, 0.1) is 0 Å². The van der Waals surface area contributed by atoms with Crippen LogP contribution in [0.4, 0.5) is 4.79 Å². The molecule has 4 nitrogen and oxygen atoms in total. The molecule has 1 rings (SSSR count). The summed E-state index contributed by atoms with van der Waals surface area (Å²) in [5.41, 5.74) is -0.408. The van der Waals surface area contributed by atoms with Gasteiger partial charge in [-0.1, -0.05) is 6.92 Å². The Labute approximate surface area is 98.3 Å². The van der Waals surface area contributed by atoms with Gasteiger partial charge >= 0.3 is 6.09 Å². The third kappa shape index (κ3) is 4.00. The normalized spacial score (nSPS) is 22.8. The maximum absolute atomic E-state index is 12.0. The number of rotatable bonds is 1. The Hall–Kier alpha value is -0.770. The highest BCUT2D eigenvalue weighted by atomic mass is 16.6. The van der Waals surface area contributed by atoms with Crippen LogP contribution in [0.5, 0.6) is 0 Å². The van der Waals surface area contributed by atoms with Crippen molar-refractivity contribution >= 4 is 6.09 Å². The summed E-state index contributed by atoms with van der Waals surface area (Å²) in [5.74, 6) is 0. The minimum absolute atomic E-state index is 0.178. The first kappa shape index (κ1) is 13.3. The average Bonchev–Trinajstić information content (AvgIpc) is 2.39. The van der Waals surface area contributed by atoms with E-state index in [0.29, 0.717) is 0 Å². The predicted octanol–water partition coefficient (Wildman–Crippen LogP) is 2.00. The largest absolute Gasteiger partial charge is 0.444 e. The van der Waals surface area contributed by atoms with Crippen molar-refractivity contribution in [1.29, 1.82) is 0 Å². The maximum Gasteiger partial charge on any atom is 0.410 e. The molecule has 1 N–H and O–H groups in total. The minimum Gasteiger partial charge on any atom is -0.444 e. The van der Waals surface area contributed by atoms with Crippen molar-refractivity contribution in [2.75, 3.05) is 19.6 Å². The van der Waals surface area contributed by atoms with Crippen molar-refractivity contribution in [2.45, 2.75) is 52.2 Å². The lowest BCUT2D eigenvalue weighted by molar-refractivity contribution is 0.0173. The van der Waals surface area contributed by atoms with Gasteiger partial charge in [-0.15, -0.1) is 0 Å². The van der Waals surface area contributed by atoms with Crippen LogP contribution in [0.3, 0.4) is 0 Å². The molecule has 1 saturated heterocycles. The number of ether oxygens (including phenoxy) is 1. The number of nitrogens with one attached hydrogen (secondary N) is 1. The van der Waals surface area contributed by atoms with E-state index in [1.165, 1.54) is 0 Å². The molecule has 94 valence electrons. The molecule has 0 aliphatic carbocycles. The fourth-order valence-corrected chi connectivity index (χ4v) is 1.86. The molecule has 0 saturated carbocycles. The van der Waals surface area contributed by atoms with Crippen LogP contribution in [0.2, 0.25) is 0 Å². The second-order valence-electron chi connectivity index (χ2n) is 5.29. The molecule has 1 amide bonds. The highest BCUT2D eigenvalue weighted by Crippen LogP contribution is 2.14. The molecule has 0 aromatic carbocycles. The second-order valence-corrected chi connectivity index (χ2v) is 5.29. The molecule has 0 spiro atoms. The lowest BCUT2D eigenvalue weighted by Gasteiger charge is -2.31. The number of hydrogen-bond donors (Lipinski definition) is 1. The lowest BCUT2D eigenvalue weighted by atomic mass is 10.2. The van der Waals surface area contributed by atoms with E-state index in [0.717, 1.165) is 32.5 Å². The van der Waals surface area contributed by atoms with Gasteiger partial charge in [-0.2, -0.15) is 0 Å². The Morgan fingerprint density at radius 1 is 1.50 bits per heavy atom. The maximum atomic E-state index is 12.0. The summed E-state index contributed by atoms with van der Waals surface area (Å²) in [7, 11) is 0. The number of carbonyl (C=O) groups is 1. The van der Waals surface area contributed by atoms with Crippen molar-refractivity contribution in [3.05, 3.63) is 0 Å². The standard InChI is InChI=1S/C12H24N2O2/c1-5-10-9-13-7-6-8-14(10)11(15)16-12(2,3)4/h10,13H,5-9H2,1-4H3/t10-/m1/s1. The zero-order valence-electron chi connectivity index (χ0n) is 10.9. The molecular weight excluding hydrogens is 204 g/mol. The summed E-state index contributed by atoms with van der Waals surface area (Å²) in [5, 5.41) is 3.35. The molecule has 0 aromatic rings. The number of hydrogen-bond acceptors (Lipinski definition) is 3. The van der Waals surface area contributed by atoms with Crippen LogP contribution in [0.25, 0.3) is 0 Å². The van der Waals surface area contributed by atoms with Crippen molar-refractivity contribution in [3.8, 4) is 0 Å². The van der Waals surface area contributed by atoms with Gasteiger partial charge in [0, 0.05) is 19.1 Å². The molecule has 0 bridgehead atoms. The van der Waals surface area contributed by atoms with E-state index in [4.69, 9.17) is 4.74 Å². The van der Waals surface area contributed by atoms with Crippen molar-refractivity contribution in [2.24, 2.45) is 0 Å². The predicted molar refractivity (Wildman–Crippen MR) is 64.5 cm³/mol. The zero-order chi connectivity index (χ0) is 12.2. The Morgan fingerprint density at radius 3 is 2.75 bits per heavy atom. The van der Waals surface area contributed by atoms with E-state index in [2.05, 4.69) is 12.2 Å². The van der Waals surface area contributed by atoms with Crippen LogP contribution >= 0.6 is 0 Å². The third-order valence-electron chi connectivity index (χ3n) is 2.67. The van der Waals surface area contributed by atoms with Gasteiger partial charge in [-0.05, 0) is 40.2 Å². The summed E-state index contributed by atoms with van der Waals surface area (Å²) < 4.78 is 5.42. The van der Waals surface area contributed by atoms with Gasteiger partial charge in [-0.3, -0.25) is 0 Å².